The van der Waals surface area contributed by atoms with Crippen molar-refractivity contribution in [2.45, 2.75) is 82.8 Å². The fourth-order valence-electron chi connectivity index (χ4n) is 7.77. The van der Waals surface area contributed by atoms with Crippen LogP contribution in [-0.4, -0.2) is 51.5 Å². The highest BCUT2D eigenvalue weighted by Gasteiger charge is 2.71. The lowest BCUT2D eigenvalue weighted by Gasteiger charge is -2.65. The highest BCUT2D eigenvalue weighted by Crippen LogP contribution is 2.69. The Balaban J connectivity index is 1.70. The fourth-order valence-corrected chi connectivity index (χ4v) is 7.77. The largest absolute Gasteiger partial charge is 0.466 e. The fraction of sp³-hybridized carbons (Fsp3) is 0.909. The SMILES string of the molecule is CCOC(=O)[C@H]1CC[C@@]2(O)[C@@H]3CC[C@@]4(O)CC(=O)CC[C@]4(CO)[C@H]3CC[C@]12C. The van der Waals surface area contributed by atoms with Gasteiger partial charge in [0, 0.05) is 23.7 Å². The standard InChI is InChI=1S/C22H34O6/c1-3-28-18(25)17-7-11-22(27)16-6-10-21(26)12-14(24)4-9-20(21,13-23)15(16)5-8-19(17,22)2/h15-17,23,26-27H,3-13H2,1-2H3/t15-,16+,17+,19+,20-,21+,22+/m0/s1. The van der Waals surface area contributed by atoms with Crippen molar-refractivity contribution in [1.82, 2.24) is 0 Å². The van der Waals surface area contributed by atoms with Crippen LogP contribution in [0.2, 0.25) is 0 Å². The third-order valence-electron chi connectivity index (χ3n) is 9.34. The number of esters is 1. The summed E-state index contributed by atoms with van der Waals surface area (Å²) >= 11 is 0. The van der Waals surface area contributed by atoms with Crippen molar-refractivity contribution in [3.05, 3.63) is 0 Å². The topological polar surface area (TPSA) is 104 Å². The van der Waals surface area contributed by atoms with E-state index in [-0.39, 0.29) is 42.5 Å². The van der Waals surface area contributed by atoms with Crippen LogP contribution >= 0.6 is 0 Å². The number of Topliss-reactive ketones (excluding diaryl/α,β-unsaturated/α-hetero) is 1. The van der Waals surface area contributed by atoms with Gasteiger partial charge in [0.2, 0.25) is 0 Å². The van der Waals surface area contributed by atoms with Crippen LogP contribution in [0.1, 0.15) is 71.6 Å². The molecule has 6 heteroatoms. The van der Waals surface area contributed by atoms with E-state index in [1.807, 2.05) is 6.92 Å². The Morgan fingerprint density at radius 1 is 1.11 bits per heavy atom. The summed E-state index contributed by atoms with van der Waals surface area (Å²) in [7, 11) is 0. The first kappa shape index (κ1) is 20.3. The molecule has 4 aliphatic rings. The van der Waals surface area contributed by atoms with Gasteiger partial charge in [0.25, 0.3) is 0 Å². The molecule has 3 N–H and O–H groups in total. The average molecular weight is 395 g/mol. The van der Waals surface area contributed by atoms with Crippen molar-refractivity contribution in [1.29, 1.82) is 0 Å². The van der Waals surface area contributed by atoms with Crippen molar-refractivity contribution in [2.24, 2.45) is 28.6 Å². The van der Waals surface area contributed by atoms with Crippen LogP contribution in [0.4, 0.5) is 0 Å². The molecule has 6 nitrogen and oxygen atoms in total. The van der Waals surface area contributed by atoms with Gasteiger partial charge in [0.1, 0.15) is 5.78 Å². The molecule has 4 rings (SSSR count). The molecular weight excluding hydrogens is 360 g/mol. The molecule has 0 heterocycles. The molecule has 4 aliphatic carbocycles. The van der Waals surface area contributed by atoms with Crippen LogP contribution in [0.5, 0.6) is 0 Å². The van der Waals surface area contributed by atoms with Crippen molar-refractivity contribution >= 4 is 11.8 Å². The van der Waals surface area contributed by atoms with Gasteiger partial charge in [-0.1, -0.05) is 6.92 Å². The molecule has 0 bridgehead atoms. The summed E-state index contributed by atoms with van der Waals surface area (Å²) in [5.41, 5.74) is -3.46. The molecule has 0 aromatic carbocycles. The zero-order valence-electron chi connectivity index (χ0n) is 17.1. The summed E-state index contributed by atoms with van der Waals surface area (Å²) in [5, 5.41) is 33.8. The maximum atomic E-state index is 12.6. The minimum Gasteiger partial charge on any atom is -0.466 e. The van der Waals surface area contributed by atoms with E-state index in [1.54, 1.807) is 6.92 Å². The predicted octanol–water partition coefficient (Wildman–Crippen LogP) is 1.98. The molecule has 158 valence electrons. The number of hydrogen-bond acceptors (Lipinski definition) is 6. The number of aliphatic hydroxyl groups is 3. The Hall–Kier alpha value is -0.980. The second-order valence-electron chi connectivity index (χ2n) is 10.0. The molecule has 0 amide bonds. The van der Waals surface area contributed by atoms with E-state index in [1.165, 1.54) is 0 Å². The smallest absolute Gasteiger partial charge is 0.309 e. The molecule has 0 radical (unpaired) electrons. The molecule has 0 aromatic heterocycles. The molecule has 0 unspecified atom stereocenters. The van der Waals surface area contributed by atoms with Crippen LogP contribution < -0.4 is 0 Å². The number of fused-ring (bicyclic) bond motifs is 5. The van der Waals surface area contributed by atoms with Gasteiger partial charge < -0.3 is 20.1 Å². The van der Waals surface area contributed by atoms with Crippen molar-refractivity contribution in [3.8, 4) is 0 Å². The average Bonchev–Trinajstić information content (AvgIpc) is 2.92. The van der Waals surface area contributed by atoms with Crippen LogP contribution in [0.25, 0.3) is 0 Å². The Morgan fingerprint density at radius 3 is 2.50 bits per heavy atom. The van der Waals surface area contributed by atoms with Gasteiger partial charge in [-0.3, -0.25) is 9.59 Å². The van der Waals surface area contributed by atoms with Crippen LogP contribution in [0, 0.1) is 28.6 Å². The number of carbonyl (C=O) groups is 2. The summed E-state index contributed by atoms with van der Waals surface area (Å²) in [6, 6.07) is 0. The van der Waals surface area contributed by atoms with Gasteiger partial charge >= 0.3 is 5.97 Å². The van der Waals surface area contributed by atoms with Gasteiger partial charge in [-0.2, -0.15) is 0 Å². The number of aliphatic hydroxyl groups excluding tert-OH is 1. The maximum absolute atomic E-state index is 12.6. The first-order valence-corrected chi connectivity index (χ1v) is 10.9. The lowest BCUT2D eigenvalue weighted by molar-refractivity contribution is -0.258. The molecule has 0 aromatic rings. The van der Waals surface area contributed by atoms with Crippen molar-refractivity contribution in [2.75, 3.05) is 13.2 Å². The molecule has 0 spiro atoms. The summed E-state index contributed by atoms with van der Waals surface area (Å²) in [4.78, 5) is 24.7. The summed E-state index contributed by atoms with van der Waals surface area (Å²) < 4.78 is 5.31. The van der Waals surface area contributed by atoms with E-state index in [9.17, 15) is 24.9 Å². The first-order valence-electron chi connectivity index (χ1n) is 10.9. The van der Waals surface area contributed by atoms with E-state index >= 15 is 0 Å². The summed E-state index contributed by atoms with van der Waals surface area (Å²) in [6.07, 6.45) is 4.59. The second kappa shape index (κ2) is 6.51. The Kier molecular flexibility index (Phi) is 4.72. The van der Waals surface area contributed by atoms with E-state index < -0.39 is 22.0 Å². The van der Waals surface area contributed by atoms with E-state index in [0.29, 0.717) is 51.6 Å². The highest BCUT2D eigenvalue weighted by molar-refractivity contribution is 5.81. The molecule has 28 heavy (non-hydrogen) atoms. The number of ketones is 1. The van der Waals surface area contributed by atoms with Gasteiger partial charge in [0.05, 0.1) is 30.3 Å². The number of hydrogen-bond donors (Lipinski definition) is 3. The third-order valence-corrected chi connectivity index (χ3v) is 9.34. The normalized spacial score (nSPS) is 50.5. The van der Waals surface area contributed by atoms with Gasteiger partial charge in [0.15, 0.2) is 0 Å². The summed E-state index contributed by atoms with van der Waals surface area (Å²) in [6.45, 7) is 4.00. The Labute approximate surface area is 166 Å². The van der Waals surface area contributed by atoms with Gasteiger partial charge in [-0.25, -0.2) is 0 Å². The molecular formula is C22H34O6. The molecule has 4 fully saturated rings. The number of rotatable bonds is 3. The molecule has 7 atom stereocenters. The summed E-state index contributed by atoms with van der Waals surface area (Å²) in [5.74, 6) is -0.577. The maximum Gasteiger partial charge on any atom is 0.309 e. The Bertz CT molecular complexity index is 678. The number of carbonyl (C=O) groups excluding carboxylic acids is 2. The first-order chi connectivity index (χ1) is 13.2. The Morgan fingerprint density at radius 2 is 1.82 bits per heavy atom. The monoisotopic (exact) mass is 394 g/mol. The van der Waals surface area contributed by atoms with Crippen LogP contribution in [0.3, 0.4) is 0 Å². The van der Waals surface area contributed by atoms with Gasteiger partial charge in [-0.05, 0) is 63.7 Å². The highest BCUT2D eigenvalue weighted by atomic mass is 16.5. The van der Waals surface area contributed by atoms with E-state index in [0.717, 1.165) is 6.42 Å². The van der Waals surface area contributed by atoms with Crippen LogP contribution in [0.15, 0.2) is 0 Å². The molecule has 0 aliphatic heterocycles. The van der Waals surface area contributed by atoms with Crippen molar-refractivity contribution < 1.29 is 29.6 Å². The zero-order valence-corrected chi connectivity index (χ0v) is 17.1. The minimum absolute atomic E-state index is 0.0385. The lowest BCUT2D eigenvalue weighted by atomic mass is 9.42. The number of ether oxygens (including phenoxy) is 1. The quantitative estimate of drug-likeness (QED) is 0.633. The molecule has 0 saturated heterocycles. The zero-order chi connectivity index (χ0) is 20.4. The predicted molar refractivity (Wildman–Crippen MR) is 101 cm³/mol. The van der Waals surface area contributed by atoms with E-state index in [2.05, 4.69) is 0 Å². The van der Waals surface area contributed by atoms with Gasteiger partial charge in [-0.15, -0.1) is 0 Å². The molecule has 4 saturated carbocycles. The second-order valence-corrected chi connectivity index (χ2v) is 10.0. The minimum atomic E-state index is -1.18. The van der Waals surface area contributed by atoms with Crippen molar-refractivity contribution in [3.63, 3.8) is 0 Å². The van der Waals surface area contributed by atoms with E-state index in [4.69, 9.17) is 4.74 Å². The third kappa shape index (κ3) is 2.37. The van der Waals surface area contributed by atoms with Crippen LogP contribution in [-0.2, 0) is 14.3 Å². The lowest BCUT2D eigenvalue weighted by Crippen LogP contribution is -2.69.